The van der Waals surface area contributed by atoms with Crippen LogP contribution in [0.25, 0.3) is 0 Å². The van der Waals surface area contributed by atoms with Crippen LogP contribution in [0.4, 0.5) is 17.1 Å². The van der Waals surface area contributed by atoms with E-state index in [0.717, 1.165) is 5.69 Å². The van der Waals surface area contributed by atoms with Crippen molar-refractivity contribution in [1.82, 2.24) is 0 Å². The van der Waals surface area contributed by atoms with Crippen molar-refractivity contribution >= 4 is 52.1 Å². The third-order valence-electron chi connectivity index (χ3n) is 5.55. The van der Waals surface area contributed by atoms with E-state index in [2.05, 4.69) is 0 Å². The van der Waals surface area contributed by atoms with Crippen LogP contribution in [-0.4, -0.2) is 49.7 Å². The smallest absolute Gasteiger partial charge is 0.313 e. The Morgan fingerprint density at radius 1 is 1.06 bits per heavy atom. The first-order valence-electron chi connectivity index (χ1n) is 10.4. The number of hydrogen-bond donors (Lipinski definition) is 3. The van der Waals surface area contributed by atoms with Gasteiger partial charge in [-0.25, -0.2) is 0 Å². The number of halogens is 1. The maximum absolute atomic E-state index is 13.5. The second kappa shape index (κ2) is 9.53. The van der Waals surface area contributed by atoms with Gasteiger partial charge in [-0.05, 0) is 42.8 Å². The zero-order valence-electron chi connectivity index (χ0n) is 17.7. The van der Waals surface area contributed by atoms with Gasteiger partial charge in [0.05, 0.1) is 12.2 Å². The molecule has 2 aromatic rings. The van der Waals surface area contributed by atoms with Gasteiger partial charge < -0.3 is 20.3 Å². The summed E-state index contributed by atoms with van der Waals surface area (Å²) >= 11 is 6.08. The minimum absolute atomic E-state index is 0.0501. The Morgan fingerprint density at radius 2 is 1.76 bits per heavy atom. The topological polar surface area (TPSA) is 133 Å². The number of anilines is 2. The van der Waals surface area contributed by atoms with E-state index in [4.69, 9.17) is 27.5 Å². The van der Waals surface area contributed by atoms with Gasteiger partial charge in [0.1, 0.15) is 18.0 Å². The molecule has 2 aromatic carbocycles. The maximum atomic E-state index is 13.5. The van der Waals surface area contributed by atoms with Crippen LogP contribution in [0.5, 0.6) is 0 Å². The molecule has 4 rings (SSSR count). The van der Waals surface area contributed by atoms with Crippen molar-refractivity contribution in [3.05, 3.63) is 64.8 Å². The average Bonchev–Trinajstić information content (AvgIpc) is 2.80. The zero-order valence-corrected chi connectivity index (χ0v) is 18.5. The molecule has 0 spiro atoms. The molecule has 2 aliphatic rings. The van der Waals surface area contributed by atoms with Crippen molar-refractivity contribution in [3.63, 3.8) is 0 Å². The third-order valence-corrected chi connectivity index (χ3v) is 5.79. The lowest BCUT2D eigenvalue weighted by molar-refractivity contribution is -0.512. The fourth-order valence-electron chi connectivity index (χ4n) is 3.90. The van der Waals surface area contributed by atoms with Crippen molar-refractivity contribution in [1.29, 1.82) is 5.41 Å². The van der Waals surface area contributed by atoms with Gasteiger partial charge in [0, 0.05) is 35.6 Å². The molecular weight excluding hydrogens is 446 g/mol. The van der Waals surface area contributed by atoms with Gasteiger partial charge in [0.2, 0.25) is 5.70 Å². The van der Waals surface area contributed by atoms with Crippen LogP contribution in [-0.2, 0) is 19.1 Å². The summed E-state index contributed by atoms with van der Waals surface area (Å²) in [5.74, 6) is -1.35. The van der Waals surface area contributed by atoms with Crippen molar-refractivity contribution in [2.75, 3.05) is 36.1 Å². The van der Waals surface area contributed by atoms with Crippen molar-refractivity contribution in [3.8, 4) is 0 Å². The molecule has 1 saturated heterocycles. The number of ether oxygens (including phenoxy) is 1. The predicted octanol–water partition coefficient (Wildman–Crippen LogP) is 1.09. The third kappa shape index (κ3) is 4.80. The molecule has 0 saturated carbocycles. The molecule has 3 amide bonds. The first-order chi connectivity index (χ1) is 15.8. The lowest BCUT2D eigenvalue weighted by atomic mass is 9.98. The van der Waals surface area contributed by atoms with Gasteiger partial charge in [-0.1, -0.05) is 17.7 Å². The van der Waals surface area contributed by atoms with Crippen LogP contribution in [0.15, 0.2) is 59.8 Å². The maximum Gasteiger partial charge on any atom is 0.313 e. The fourth-order valence-corrected chi connectivity index (χ4v) is 4.10. The molecule has 5 N–H and O–H groups in total. The van der Waals surface area contributed by atoms with E-state index < -0.39 is 5.91 Å². The van der Waals surface area contributed by atoms with Gasteiger partial charge in [-0.3, -0.25) is 25.1 Å². The summed E-state index contributed by atoms with van der Waals surface area (Å²) in [7, 11) is 0. The first kappa shape index (κ1) is 22.7. The molecule has 0 aliphatic carbocycles. The van der Waals surface area contributed by atoms with E-state index in [1.165, 1.54) is 0 Å². The molecule has 0 bridgehead atoms. The Morgan fingerprint density at radius 3 is 2.39 bits per heavy atom. The highest BCUT2D eigenvalue weighted by Gasteiger charge is 2.35. The highest BCUT2D eigenvalue weighted by atomic mass is 35.5. The lowest BCUT2D eigenvalue weighted by Gasteiger charge is -2.30. The van der Waals surface area contributed by atoms with E-state index in [1.807, 2.05) is 0 Å². The second-order valence-corrected chi connectivity index (χ2v) is 8.09. The van der Waals surface area contributed by atoms with Gasteiger partial charge in [0.25, 0.3) is 11.8 Å². The van der Waals surface area contributed by atoms with Gasteiger partial charge in [-0.2, -0.15) is 0 Å². The normalized spacial score (nSPS) is 16.9. The minimum Gasteiger partial charge on any atom is -0.370 e. The molecule has 9 nitrogen and oxygen atoms in total. The molecule has 0 atom stereocenters. The van der Waals surface area contributed by atoms with Crippen LogP contribution in [0.1, 0.15) is 6.42 Å². The fraction of sp³-hybridized carbons (Fsp3) is 0.217. The number of nitrogens with zero attached hydrogens (tertiary/aromatic N) is 2. The summed E-state index contributed by atoms with van der Waals surface area (Å²) in [6.45, 7) is 1.28. The van der Waals surface area contributed by atoms with Crippen molar-refractivity contribution in [2.45, 2.75) is 6.42 Å². The summed E-state index contributed by atoms with van der Waals surface area (Å²) in [5, 5.41) is 10.2. The molecule has 170 valence electrons. The predicted molar refractivity (Wildman–Crippen MR) is 124 cm³/mol. The number of carbonyl (C=O) groups is 3. The number of hydrogen-bond acceptors (Lipinski definition) is 5. The first-order valence-corrected chi connectivity index (χ1v) is 10.7. The Hall–Kier alpha value is -3.53. The van der Waals surface area contributed by atoms with Crippen LogP contribution in [0.3, 0.4) is 0 Å². The molecule has 2 aliphatic heterocycles. The number of morpholine rings is 1. The molecule has 2 heterocycles. The van der Waals surface area contributed by atoms with E-state index >= 15 is 0 Å². The SMILES string of the molecule is N=C(C(N)=O)C1=C([NH2+]c2cccc(Cl)c2)C(=O)N(c2ccc(N3CCOCC3=O)cc2)CC1. The number of primary amides is 1. The molecule has 0 unspecified atom stereocenters. The molecule has 0 aromatic heterocycles. The number of nitrogens with two attached hydrogens (primary N) is 2. The van der Waals surface area contributed by atoms with Crippen LogP contribution in [0.2, 0.25) is 5.02 Å². The summed E-state index contributed by atoms with van der Waals surface area (Å²) in [6.07, 6.45) is 0.295. The largest absolute Gasteiger partial charge is 0.370 e. The van der Waals surface area contributed by atoms with E-state index in [-0.39, 0.29) is 36.4 Å². The number of quaternary nitrogens is 1. The van der Waals surface area contributed by atoms with Gasteiger partial charge >= 0.3 is 5.91 Å². The Balaban J connectivity index is 1.63. The quantitative estimate of drug-likeness (QED) is 0.432. The number of carbonyl (C=O) groups excluding carboxylic acids is 3. The molecular formula is C23H23ClN5O4+. The van der Waals surface area contributed by atoms with E-state index in [9.17, 15) is 14.4 Å². The number of amides is 3. The Kier molecular flexibility index (Phi) is 6.55. The zero-order chi connectivity index (χ0) is 23.5. The standard InChI is InChI=1S/C23H22ClN5O4/c24-14-2-1-3-15(12-14)27-21-18(20(25)22(26)31)8-9-29(23(21)32)17-6-4-16(5-7-17)28-10-11-33-13-19(28)30/h1-7,12,25,27H,8-11,13H2,(H2,26,31)/p+1. The Labute approximate surface area is 195 Å². The number of nitrogens with one attached hydrogen (secondary N) is 1. The highest BCUT2D eigenvalue weighted by molar-refractivity contribution is 6.44. The summed E-state index contributed by atoms with van der Waals surface area (Å²) in [5.41, 5.74) is 7.53. The molecule has 1 fully saturated rings. The monoisotopic (exact) mass is 468 g/mol. The van der Waals surface area contributed by atoms with E-state index in [1.54, 1.807) is 63.6 Å². The Bertz CT molecular complexity index is 1160. The minimum atomic E-state index is -0.886. The number of rotatable bonds is 6. The van der Waals surface area contributed by atoms with E-state index in [0.29, 0.717) is 41.5 Å². The van der Waals surface area contributed by atoms with Crippen molar-refractivity contribution in [2.24, 2.45) is 5.73 Å². The summed E-state index contributed by atoms with van der Waals surface area (Å²) in [4.78, 5) is 40.5. The summed E-state index contributed by atoms with van der Waals surface area (Å²) in [6, 6.07) is 14.1. The van der Waals surface area contributed by atoms with Gasteiger partial charge in [-0.15, -0.1) is 0 Å². The van der Waals surface area contributed by atoms with Crippen LogP contribution >= 0.6 is 11.6 Å². The van der Waals surface area contributed by atoms with Gasteiger partial charge in [0.15, 0.2) is 0 Å². The van der Waals surface area contributed by atoms with Crippen LogP contribution < -0.4 is 20.9 Å². The average molecular weight is 469 g/mol. The molecule has 0 radical (unpaired) electrons. The molecule has 33 heavy (non-hydrogen) atoms. The van der Waals surface area contributed by atoms with Crippen molar-refractivity contribution < 1.29 is 24.4 Å². The van der Waals surface area contributed by atoms with Crippen LogP contribution in [0, 0.1) is 5.41 Å². The highest BCUT2D eigenvalue weighted by Crippen LogP contribution is 2.27. The second-order valence-electron chi connectivity index (χ2n) is 7.65. The number of benzene rings is 2. The molecule has 10 heteroatoms. The lowest BCUT2D eigenvalue weighted by Crippen LogP contribution is -2.80. The summed E-state index contributed by atoms with van der Waals surface area (Å²) < 4.78 is 5.17.